The molecule has 0 bridgehead atoms. The van der Waals surface area contributed by atoms with E-state index in [0.717, 1.165) is 70.5 Å². The van der Waals surface area contributed by atoms with Crippen molar-refractivity contribution < 1.29 is 0 Å². The van der Waals surface area contributed by atoms with E-state index in [2.05, 4.69) is 134 Å². The summed E-state index contributed by atoms with van der Waals surface area (Å²) in [5, 5.41) is 12.1. The monoisotopic (exact) mass is 742 g/mol. The Hall–Kier alpha value is -5.58. The second kappa shape index (κ2) is 17.3. The van der Waals surface area contributed by atoms with Crippen molar-refractivity contribution in [3.63, 3.8) is 0 Å². The Balaban J connectivity index is 0.000000170. The van der Waals surface area contributed by atoms with Gasteiger partial charge < -0.3 is 20.9 Å². The summed E-state index contributed by atoms with van der Waals surface area (Å²) in [6.45, 7) is 11.3. The summed E-state index contributed by atoms with van der Waals surface area (Å²) in [6.07, 6.45) is 13.9. The SMILES string of the molecule is C#Cc1ccc2nc(Nc3cccc(C4CCN(C)CC4)c3)ncc2c1.C[Si](C)(C)C#Cc1ccc2nc(Nc3cccc(C4CCNCC4)c3)ncc2c1. The highest BCUT2D eigenvalue weighted by molar-refractivity contribution is 6.83. The summed E-state index contributed by atoms with van der Waals surface area (Å²) in [5.41, 5.74) is 11.9. The minimum absolute atomic E-state index is 0.603. The minimum Gasteiger partial charge on any atom is -0.324 e. The molecule has 9 heteroatoms. The molecule has 4 heterocycles. The van der Waals surface area contributed by atoms with Crippen LogP contribution in [0.1, 0.15) is 59.8 Å². The van der Waals surface area contributed by atoms with Gasteiger partial charge in [0.25, 0.3) is 0 Å². The Morgan fingerprint density at radius 3 is 1.76 bits per heavy atom. The van der Waals surface area contributed by atoms with Crippen LogP contribution in [0.3, 0.4) is 0 Å². The third kappa shape index (κ3) is 10.3. The van der Waals surface area contributed by atoms with Crippen LogP contribution in [0, 0.1) is 23.8 Å². The summed E-state index contributed by atoms with van der Waals surface area (Å²) < 4.78 is 0. The molecule has 55 heavy (non-hydrogen) atoms. The van der Waals surface area contributed by atoms with Crippen LogP contribution in [-0.4, -0.2) is 66.1 Å². The van der Waals surface area contributed by atoms with Gasteiger partial charge in [0.15, 0.2) is 0 Å². The van der Waals surface area contributed by atoms with Crippen molar-refractivity contribution in [2.45, 2.75) is 57.2 Å². The molecular weight excluding hydrogens is 693 g/mol. The van der Waals surface area contributed by atoms with Crippen molar-refractivity contribution in [2.75, 3.05) is 43.9 Å². The van der Waals surface area contributed by atoms with Crippen LogP contribution in [0.4, 0.5) is 23.3 Å². The van der Waals surface area contributed by atoms with Crippen LogP contribution in [0.15, 0.2) is 97.3 Å². The van der Waals surface area contributed by atoms with E-state index in [1.807, 2.05) is 42.7 Å². The number of hydrogen-bond donors (Lipinski definition) is 3. The van der Waals surface area contributed by atoms with Crippen molar-refractivity contribution in [3.05, 3.63) is 120 Å². The van der Waals surface area contributed by atoms with Gasteiger partial charge in [0.1, 0.15) is 8.07 Å². The molecule has 0 atom stereocenters. The maximum atomic E-state index is 5.45. The number of rotatable bonds is 6. The Morgan fingerprint density at radius 1 is 0.691 bits per heavy atom. The van der Waals surface area contributed by atoms with Gasteiger partial charge in [-0.3, -0.25) is 0 Å². The van der Waals surface area contributed by atoms with E-state index < -0.39 is 8.07 Å². The van der Waals surface area contributed by atoms with Gasteiger partial charge in [-0.1, -0.05) is 55.7 Å². The molecule has 0 unspecified atom stereocenters. The summed E-state index contributed by atoms with van der Waals surface area (Å²) in [7, 11) is 0.809. The molecular formula is C46H50N8Si. The summed E-state index contributed by atoms with van der Waals surface area (Å²) in [4.78, 5) is 20.6. The van der Waals surface area contributed by atoms with Crippen molar-refractivity contribution in [2.24, 2.45) is 0 Å². The van der Waals surface area contributed by atoms with Gasteiger partial charge in [0.05, 0.1) is 11.0 Å². The lowest BCUT2D eigenvalue weighted by molar-refractivity contribution is 0.255. The number of nitrogens with one attached hydrogen (secondary N) is 3. The number of anilines is 4. The zero-order valence-electron chi connectivity index (χ0n) is 32.4. The van der Waals surface area contributed by atoms with E-state index in [1.165, 1.54) is 36.8 Å². The lowest BCUT2D eigenvalue weighted by Gasteiger charge is -2.29. The second-order valence-corrected chi connectivity index (χ2v) is 20.4. The smallest absolute Gasteiger partial charge is 0.227 e. The van der Waals surface area contributed by atoms with Crippen LogP contribution >= 0.6 is 0 Å². The van der Waals surface area contributed by atoms with E-state index in [4.69, 9.17) is 11.4 Å². The average molecular weight is 743 g/mol. The first kappa shape index (κ1) is 37.7. The van der Waals surface area contributed by atoms with Crippen molar-refractivity contribution >= 4 is 53.2 Å². The molecule has 2 aromatic heterocycles. The summed E-state index contributed by atoms with van der Waals surface area (Å²) >= 11 is 0. The number of benzene rings is 4. The predicted octanol–water partition coefficient (Wildman–Crippen LogP) is 9.23. The topological polar surface area (TPSA) is 90.9 Å². The zero-order valence-corrected chi connectivity index (χ0v) is 33.4. The molecule has 4 aromatic carbocycles. The minimum atomic E-state index is -1.38. The third-order valence-electron chi connectivity index (χ3n) is 10.2. The number of aromatic nitrogens is 4. The van der Waals surface area contributed by atoms with Crippen LogP contribution in [0.5, 0.6) is 0 Å². The molecule has 8 rings (SSSR count). The first-order valence-corrected chi connectivity index (χ1v) is 22.8. The number of likely N-dealkylation sites (tertiary alicyclic amines) is 1. The number of nitrogens with zero attached hydrogens (tertiary/aromatic N) is 5. The Morgan fingerprint density at radius 2 is 1.22 bits per heavy atom. The molecule has 2 aliphatic rings. The molecule has 8 nitrogen and oxygen atoms in total. The molecule has 0 aliphatic carbocycles. The second-order valence-electron chi connectivity index (χ2n) is 15.7. The highest BCUT2D eigenvalue weighted by Gasteiger charge is 2.19. The molecule has 0 amide bonds. The third-order valence-corrected chi connectivity index (χ3v) is 11.1. The molecule has 0 radical (unpaired) electrons. The van der Waals surface area contributed by atoms with Crippen molar-refractivity contribution in [1.29, 1.82) is 0 Å². The van der Waals surface area contributed by atoms with E-state index in [1.54, 1.807) is 0 Å². The number of fused-ring (bicyclic) bond motifs is 2. The molecule has 278 valence electrons. The normalized spacial score (nSPS) is 15.3. The molecule has 0 spiro atoms. The van der Waals surface area contributed by atoms with Crippen LogP contribution in [0.2, 0.25) is 19.6 Å². The first-order valence-electron chi connectivity index (χ1n) is 19.3. The van der Waals surface area contributed by atoms with Crippen LogP contribution in [-0.2, 0) is 0 Å². The van der Waals surface area contributed by atoms with Crippen molar-refractivity contribution in [3.8, 4) is 23.8 Å². The molecule has 0 saturated carbocycles. The quantitative estimate of drug-likeness (QED) is 0.115. The largest absolute Gasteiger partial charge is 0.324 e. The summed E-state index contributed by atoms with van der Waals surface area (Å²) in [6, 6.07) is 29.2. The summed E-state index contributed by atoms with van der Waals surface area (Å²) in [5.74, 6) is 8.44. The molecule has 2 aliphatic heterocycles. The van der Waals surface area contributed by atoms with Crippen LogP contribution < -0.4 is 16.0 Å². The highest BCUT2D eigenvalue weighted by atomic mass is 28.3. The van der Waals surface area contributed by atoms with E-state index in [-0.39, 0.29) is 0 Å². The Kier molecular flexibility index (Phi) is 11.8. The lowest BCUT2D eigenvalue weighted by atomic mass is 9.89. The molecule has 3 N–H and O–H groups in total. The van der Waals surface area contributed by atoms with Gasteiger partial charge in [0, 0.05) is 45.7 Å². The zero-order chi connectivity index (χ0) is 38.2. The maximum absolute atomic E-state index is 5.45. The number of terminal acetylenes is 1. The van der Waals surface area contributed by atoms with Gasteiger partial charge in [-0.2, -0.15) is 0 Å². The fraction of sp³-hybridized carbons (Fsp3) is 0.304. The number of piperidine rings is 2. The molecule has 6 aromatic rings. The highest BCUT2D eigenvalue weighted by Crippen LogP contribution is 2.30. The maximum Gasteiger partial charge on any atom is 0.227 e. The van der Waals surface area contributed by atoms with Gasteiger partial charge >= 0.3 is 0 Å². The van der Waals surface area contributed by atoms with E-state index in [0.29, 0.717) is 23.7 Å². The number of hydrogen-bond acceptors (Lipinski definition) is 8. The molecule has 2 fully saturated rings. The van der Waals surface area contributed by atoms with Gasteiger partial charge in [0.2, 0.25) is 11.9 Å². The standard InChI is InChI=1S/C24H28N4Si.C22H22N4/c1-29(2,3)14-11-18-7-8-23-21(15-18)17-26-24(28-23)27-22-6-4-5-20(16-22)19-9-12-25-13-10-19;1-3-16-7-8-21-19(13-16)15-23-22(25-21)24-20-6-4-5-18(14-20)17-9-11-26(2)12-10-17/h4-8,15-17,19,25H,9-10,12-13H2,1-3H3,(H,26,27,28);1,4-8,13-15,17H,9-12H2,2H3,(H,23,24,25). The fourth-order valence-electron chi connectivity index (χ4n) is 7.11. The Labute approximate surface area is 326 Å². The van der Waals surface area contributed by atoms with Crippen LogP contribution in [0.25, 0.3) is 21.8 Å². The van der Waals surface area contributed by atoms with Gasteiger partial charge in [-0.25, -0.2) is 19.9 Å². The van der Waals surface area contributed by atoms with E-state index >= 15 is 0 Å². The average Bonchev–Trinajstić information content (AvgIpc) is 3.20. The lowest BCUT2D eigenvalue weighted by Crippen LogP contribution is -2.29. The first-order chi connectivity index (χ1) is 26.7. The van der Waals surface area contributed by atoms with Crippen molar-refractivity contribution in [1.82, 2.24) is 30.2 Å². The predicted molar refractivity (Wildman–Crippen MR) is 231 cm³/mol. The van der Waals surface area contributed by atoms with Gasteiger partial charge in [-0.05, 0) is 143 Å². The molecule has 2 saturated heterocycles. The van der Waals surface area contributed by atoms with Gasteiger partial charge in [-0.15, -0.1) is 12.0 Å². The Bertz CT molecular complexity index is 2370. The fourth-order valence-corrected chi connectivity index (χ4v) is 7.63. The van der Waals surface area contributed by atoms with E-state index in [9.17, 15) is 0 Å².